The van der Waals surface area contributed by atoms with E-state index in [2.05, 4.69) is 0 Å². The molecule has 0 bridgehead atoms. The second-order valence-electron chi connectivity index (χ2n) is 0.714. The number of rotatable bonds is 3. The Morgan fingerprint density at radius 1 is 0.750 bits per heavy atom. The van der Waals surface area contributed by atoms with E-state index in [0.29, 0.717) is 0 Å². The van der Waals surface area contributed by atoms with E-state index in [1.54, 1.807) is 0 Å². The fraction of sp³-hybridized carbons (Fsp3) is 1.00. The Morgan fingerprint density at radius 3 is 1.12 bits per heavy atom. The van der Waals surface area contributed by atoms with Gasteiger partial charge in [0.25, 0.3) is 0 Å². The molecular weight excluding hydrogens is 258 g/mol. The van der Waals surface area contributed by atoms with Gasteiger partial charge in [0.15, 0.2) is 0 Å². The van der Waals surface area contributed by atoms with Crippen LogP contribution in [0.15, 0.2) is 0 Å². The molecule has 0 saturated heterocycles. The van der Waals surface area contributed by atoms with Crippen LogP contribution < -0.4 is 0 Å². The van der Waals surface area contributed by atoms with Gasteiger partial charge >= 0.3 is 54.5 Å². The van der Waals surface area contributed by atoms with Crippen LogP contribution in [0.5, 0.6) is 0 Å². The van der Waals surface area contributed by atoms with Gasteiger partial charge in [-0.25, -0.2) is 0 Å². The third-order valence-corrected chi connectivity index (χ3v) is 5.43. The fourth-order valence-corrected chi connectivity index (χ4v) is 2.27. The van der Waals surface area contributed by atoms with Gasteiger partial charge in [-0.3, -0.25) is 0 Å². The van der Waals surface area contributed by atoms with Gasteiger partial charge in [-0.15, -0.1) is 0 Å². The molecule has 0 fully saturated rings. The van der Waals surface area contributed by atoms with Gasteiger partial charge in [0, 0.05) is 0 Å². The number of halogens is 4. The van der Waals surface area contributed by atoms with E-state index in [1.165, 1.54) is 0 Å². The molecule has 0 nitrogen and oxygen atoms in total. The van der Waals surface area contributed by atoms with Gasteiger partial charge in [-0.05, 0) is 0 Å². The maximum atomic E-state index is 11.1. The summed E-state index contributed by atoms with van der Waals surface area (Å²) < 4.78 is 44.4. The average Bonchev–Trinajstić information content (AvgIpc) is 1.61. The van der Waals surface area contributed by atoms with Gasteiger partial charge in [0.2, 0.25) is 0 Å². The van der Waals surface area contributed by atoms with Crippen molar-refractivity contribution in [3.8, 4) is 0 Å². The van der Waals surface area contributed by atoms with E-state index in [1.807, 2.05) is 0 Å². The van der Waals surface area contributed by atoms with Crippen molar-refractivity contribution in [3.05, 3.63) is 0 Å². The van der Waals surface area contributed by atoms with Crippen LogP contribution in [0.4, 0.5) is 17.6 Å². The Hall–Kier alpha value is 0.759. The quantitative estimate of drug-likeness (QED) is 0.519. The molecule has 0 saturated carbocycles. The first-order chi connectivity index (χ1) is 3.63. The summed E-state index contributed by atoms with van der Waals surface area (Å²) in [7, 11) is 0. The molecule has 0 aliphatic rings. The molecule has 0 aromatic carbocycles. The number of hydrogen-bond acceptors (Lipinski definition) is 0. The summed E-state index contributed by atoms with van der Waals surface area (Å²) in [5, 5.41) is -5.01. The van der Waals surface area contributed by atoms with E-state index in [0.717, 1.165) is 0 Å². The zero-order valence-electron chi connectivity index (χ0n) is 3.48. The molecule has 0 aromatic heterocycles. The second kappa shape index (κ2) is 4.62. The van der Waals surface area contributed by atoms with Crippen molar-refractivity contribution in [1.29, 1.82) is 0 Å². The zero-order chi connectivity index (χ0) is 6.57. The Labute approximate surface area is 54.9 Å². The SMILES string of the molecule is FC(F)[Se][Se]C(F)F. The summed E-state index contributed by atoms with van der Waals surface area (Å²) in [6.45, 7) is 0. The van der Waals surface area contributed by atoms with Crippen molar-refractivity contribution in [2.75, 3.05) is 0 Å². The summed E-state index contributed by atoms with van der Waals surface area (Å²) in [6.07, 6.45) is 0. The molecule has 0 aliphatic heterocycles. The Kier molecular flexibility index (Phi) is 5.06. The van der Waals surface area contributed by atoms with E-state index >= 15 is 0 Å². The summed E-state index contributed by atoms with van der Waals surface area (Å²) in [4.78, 5) is 0. The van der Waals surface area contributed by atoms with E-state index < -0.39 is 36.9 Å². The van der Waals surface area contributed by atoms with Crippen LogP contribution in [0.3, 0.4) is 0 Å². The minimum atomic E-state index is -2.50. The molecule has 0 N–H and O–H groups in total. The molecule has 0 aromatic rings. The molecule has 0 rings (SSSR count). The molecule has 0 unspecified atom stereocenters. The normalized spacial score (nSPS) is 11.2. The van der Waals surface area contributed by atoms with Gasteiger partial charge < -0.3 is 0 Å². The van der Waals surface area contributed by atoms with Crippen LogP contribution in [0.25, 0.3) is 0 Å². The van der Waals surface area contributed by atoms with Crippen molar-refractivity contribution >= 4 is 26.3 Å². The molecule has 0 spiro atoms. The molecule has 50 valence electrons. The van der Waals surface area contributed by atoms with Crippen LogP contribution in [-0.2, 0) is 0 Å². The van der Waals surface area contributed by atoms with Gasteiger partial charge in [0.1, 0.15) is 0 Å². The first-order valence-electron chi connectivity index (χ1n) is 1.51. The Balaban J connectivity index is 2.93. The predicted octanol–water partition coefficient (Wildman–Crippen LogP) is 0.755. The minimum absolute atomic E-state index is 1.12. The van der Waals surface area contributed by atoms with Gasteiger partial charge in [0.05, 0.1) is 0 Å². The molecule has 0 heterocycles. The zero-order valence-corrected chi connectivity index (χ0v) is 6.91. The Morgan fingerprint density at radius 2 is 1.00 bits per heavy atom. The molecular formula is C2H2F4Se2. The van der Waals surface area contributed by atoms with E-state index in [4.69, 9.17) is 0 Å². The molecule has 0 atom stereocenters. The maximum absolute atomic E-state index is 11.1. The van der Waals surface area contributed by atoms with Gasteiger partial charge in [-0.2, -0.15) is 0 Å². The Bertz CT molecular complexity index is 48.0. The molecule has 0 amide bonds. The third-order valence-electron chi connectivity index (χ3n) is 0.201. The van der Waals surface area contributed by atoms with Crippen molar-refractivity contribution < 1.29 is 17.6 Å². The summed E-state index contributed by atoms with van der Waals surface area (Å²) >= 11 is -2.25. The summed E-state index contributed by atoms with van der Waals surface area (Å²) in [5.74, 6) is 0. The second-order valence-corrected chi connectivity index (χ2v) is 7.21. The molecule has 8 heavy (non-hydrogen) atoms. The summed E-state index contributed by atoms with van der Waals surface area (Å²) in [5.41, 5.74) is 0. The van der Waals surface area contributed by atoms with Gasteiger partial charge in [-0.1, -0.05) is 0 Å². The summed E-state index contributed by atoms with van der Waals surface area (Å²) in [6, 6.07) is 0. The van der Waals surface area contributed by atoms with E-state index in [-0.39, 0.29) is 0 Å². The predicted molar refractivity (Wildman–Crippen MR) is 23.5 cm³/mol. The monoisotopic (exact) mass is 262 g/mol. The van der Waals surface area contributed by atoms with Crippen LogP contribution in [0.2, 0.25) is 0 Å². The number of hydrogen-bond donors (Lipinski definition) is 0. The fourth-order valence-electron chi connectivity index (χ4n) is 0.0840. The van der Waals surface area contributed by atoms with Crippen LogP contribution in [0.1, 0.15) is 0 Å². The first kappa shape index (κ1) is 8.76. The first-order valence-corrected chi connectivity index (χ1v) is 7.82. The van der Waals surface area contributed by atoms with Crippen molar-refractivity contribution in [2.45, 2.75) is 10.6 Å². The van der Waals surface area contributed by atoms with Crippen molar-refractivity contribution in [3.63, 3.8) is 0 Å². The average molecular weight is 260 g/mol. The van der Waals surface area contributed by atoms with Crippen molar-refractivity contribution in [1.82, 2.24) is 0 Å². The topological polar surface area (TPSA) is 0 Å². The van der Waals surface area contributed by atoms with Crippen molar-refractivity contribution in [2.24, 2.45) is 0 Å². The van der Waals surface area contributed by atoms with Crippen LogP contribution in [0, 0.1) is 0 Å². The molecule has 0 aliphatic carbocycles. The van der Waals surface area contributed by atoms with Crippen LogP contribution in [-0.4, -0.2) is 36.9 Å². The standard InChI is InChI=1S/C2H2F4Se2/c3-1(4)7-8-2(5)6/h1-2H. The molecule has 0 radical (unpaired) electrons. The third kappa shape index (κ3) is 6.76. The van der Waals surface area contributed by atoms with E-state index in [9.17, 15) is 17.6 Å². The van der Waals surface area contributed by atoms with Crippen LogP contribution >= 0.6 is 0 Å². The molecule has 6 heteroatoms. The number of alkyl halides is 4.